The van der Waals surface area contributed by atoms with Crippen molar-refractivity contribution in [2.75, 3.05) is 19.6 Å². The van der Waals surface area contributed by atoms with Crippen LogP contribution in [0.15, 0.2) is 28.4 Å². The fourth-order valence-electron chi connectivity index (χ4n) is 1.92. The van der Waals surface area contributed by atoms with Gasteiger partial charge in [0, 0.05) is 18.7 Å². The summed E-state index contributed by atoms with van der Waals surface area (Å²) in [6, 6.07) is 4.01. The zero-order valence-electron chi connectivity index (χ0n) is 8.92. The highest BCUT2D eigenvalue weighted by molar-refractivity contribution is 5.66. The molecule has 0 radical (unpaired) electrons. The van der Waals surface area contributed by atoms with Gasteiger partial charge in [-0.15, -0.1) is 0 Å². The molecule has 1 aromatic rings. The van der Waals surface area contributed by atoms with E-state index >= 15 is 0 Å². The average molecular weight is 191 g/mol. The van der Waals surface area contributed by atoms with E-state index in [1.165, 1.54) is 24.1 Å². The van der Waals surface area contributed by atoms with Crippen LogP contribution in [-0.4, -0.2) is 24.5 Å². The van der Waals surface area contributed by atoms with Crippen molar-refractivity contribution in [2.24, 2.45) is 0 Å². The van der Waals surface area contributed by atoms with Gasteiger partial charge >= 0.3 is 0 Å². The normalized spacial score (nSPS) is 19.0. The number of furan rings is 1. The molecule has 1 aromatic heterocycles. The van der Waals surface area contributed by atoms with Gasteiger partial charge in [0.1, 0.15) is 5.76 Å². The maximum atomic E-state index is 5.45. The Hall–Kier alpha value is -1.02. The van der Waals surface area contributed by atoms with E-state index in [1.807, 2.05) is 6.07 Å². The second kappa shape index (κ2) is 4.01. The molecule has 0 amide bonds. The van der Waals surface area contributed by atoms with Crippen LogP contribution in [0.5, 0.6) is 0 Å². The molecule has 0 spiro atoms. The number of likely N-dealkylation sites (N-methyl/N-ethyl adjacent to an activating group) is 1. The zero-order chi connectivity index (χ0) is 9.97. The minimum Gasteiger partial charge on any atom is -0.465 e. The first-order valence-electron chi connectivity index (χ1n) is 5.26. The molecule has 2 nitrogen and oxygen atoms in total. The van der Waals surface area contributed by atoms with E-state index in [0.717, 1.165) is 18.8 Å². The van der Waals surface area contributed by atoms with Gasteiger partial charge in [0.2, 0.25) is 0 Å². The van der Waals surface area contributed by atoms with E-state index in [-0.39, 0.29) is 0 Å². The maximum Gasteiger partial charge on any atom is 0.131 e. The van der Waals surface area contributed by atoms with Gasteiger partial charge in [0.25, 0.3) is 0 Å². The Morgan fingerprint density at radius 2 is 2.36 bits per heavy atom. The Balaban J connectivity index is 2.24. The van der Waals surface area contributed by atoms with Crippen molar-refractivity contribution >= 4 is 5.57 Å². The fraction of sp³-hybridized carbons (Fsp3) is 0.500. The Labute approximate surface area is 85.2 Å². The number of rotatable bonds is 2. The molecule has 0 aromatic carbocycles. The lowest BCUT2D eigenvalue weighted by Gasteiger charge is -2.27. The Morgan fingerprint density at radius 1 is 1.50 bits per heavy atom. The summed E-state index contributed by atoms with van der Waals surface area (Å²) in [5.74, 6) is 1.04. The molecule has 0 unspecified atom stereocenters. The molecule has 1 aliphatic heterocycles. The van der Waals surface area contributed by atoms with Gasteiger partial charge in [-0.25, -0.2) is 0 Å². The maximum absolute atomic E-state index is 5.45. The van der Waals surface area contributed by atoms with E-state index in [4.69, 9.17) is 4.42 Å². The first-order chi connectivity index (χ1) is 6.81. The lowest BCUT2D eigenvalue weighted by Crippen LogP contribution is -2.30. The third-order valence-corrected chi connectivity index (χ3v) is 2.97. The van der Waals surface area contributed by atoms with Gasteiger partial charge in [-0.1, -0.05) is 12.5 Å². The average Bonchev–Trinajstić information content (AvgIpc) is 2.71. The predicted molar refractivity (Wildman–Crippen MR) is 58.0 cm³/mol. The van der Waals surface area contributed by atoms with Gasteiger partial charge in [-0.2, -0.15) is 0 Å². The summed E-state index contributed by atoms with van der Waals surface area (Å²) in [4.78, 5) is 2.45. The summed E-state index contributed by atoms with van der Waals surface area (Å²) in [5.41, 5.74) is 2.85. The van der Waals surface area contributed by atoms with Crippen molar-refractivity contribution in [1.29, 1.82) is 0 Å². The molecule has 0 atom stereocenters. The van der Waals surface area contributed by atoms with Crippen molar-refractivity contribution in [1.82, 2.24) is 4.90 Å². The largest absolute Gasteiger partial charge is 0.465 e. The SMILES string of the molecule is CCN1CCC(C)=C(c2ccco2)C1. The van der Waals surface area contributed by atoms with Gasteiger partial charge in [-0.05, 0) is 32.0 Å². The summed E-state index contributed by atoms with van der Waals surface area (Å²) in [7, 11) is 0. The van der Waals surface area contributed by atoms with Crippen LogP contribution < -0.4 is 0 Å². The molecular weight excluding hydrogens is 174 g/mol. The Bertz CT molecular complexity index is 324. The first-order valence-corrected chi connectivity index (χ1v) is 5.26. The molecule has 1 aliphatic rings. The molecule has 2 heteroatoms. The number of nitrogens with zero attached hydrogens (tertiary/aromatic N) is 1. The smallest absolute Gasteiger partial charge is 0.131 e. The van der Waals surface area contributed by atoms with Crippen LogP contribution in [0.2, 0.25) is 0 Å². The van der Waals surface area contributed by atoms with Crippen molar-refractivity contribution in [2.45, 2.75) is 20.3 Å². The summed E-state index contributed by atoms with van der Waals surface area (Å²) in [6.45, 7) is 7.77. The lowest BCUT2D eigenvalue weighted by atomic mass is 10.00. The second-order valence-electron chi connectivity index (χ2n) is 3.85. The third kappa shape index (κ3) is 1.75. The molecule has 0 bridgehead atoms. The highest BCUT2D eigenvalue weighted by atomic mass is 16.3. The van der Waals surface area contributed by atoms with Crippen LogP contribution in [0.1, 0.15) is 26.0 Å². The van der Waals surface area contributed by atoms with E-state index < -0.39 is 0 Å². The summed E-state index contributed by atoms with van der Waals surface area (Å²) in [6.07, 6.45) is 2.92. The third-order valence-electron chi connectivity index (χ3n) is 2.97. The van der Waals surface area contributed by atoms with Gasteiger partial charge in [0.15, 0.2) is 0 Å². The molecule has 0 fully saturated rings. The van der Waals surface area contributed by atoms with Crippen LogP contribution in [-0.2, 0) is 0 Å². The van der Waals surface area contributed by atoms with Crippen molar-refractivity contribution in [3.63, 3.8) is 0 Å². The standard InChI is InChI=1S/C12H17NO/c1-3-13-7-6-10(2)11(9-13)12-5-4-8-14-12/h4-5,8H,3,6-7,9H2,1-2H3. The number of hydrogen-bond donors (Lipinski definition) is 0. The van der Waals surface area contributed by atoms with E-state index in [9.17, 15) is 0 Å². The first kappa shape index (κ1) is 9.53. The minimum absolute atomic E-state index is 1.04. The quantitative estimate of drug-likeness (QED) is 0.714. The van der Waals surface area contributed by atoms with Crippen LogP contribution in [0.25, 0.3) is 5.57 Å². The molecule has 2 rings (SSSR count). The van der Waals surface area contributed by atoms with E-state index in [0.29, 0.717) is 0 Å². The van der Waals surface area contributed by atoms with E-state index in [2.05, 4.69) is 24.8 Å². The van der Waals surface area contributed by atoms with Gasteiger partial charge in [0.05, 0.1) is 6.26 Å². The highest BCUT2D eigenvalue weighted by Crippen LogP contribution is 2.26. The molecular formula is C12H17NO. The van der Waals surface area contributed by atoms with Crippen molar-refractivity contribution in [3.05, 3.63) is 29.7 Å². The zero-order valence-corrected chi connectivity index (χ0v) is 8.92. The Morgan fingerprint density at radius 3 is 3.00 bits per heavy atom. The van der Waals surface area contributed by atoms with Crippen molar-refractivity contribution < 1.29 is 4.42 Å². The number of hydrogen-bond acceptors (Lipinski definition) is 2. The molecule has 2 heterocycles. The summed E-state index contributed by atoms with van der Waals surface area (Å²) < 4.78 is 5.45. The molecule has 0 aliphatic carbocycles. The van der Waals surface area contributed by atoms with E-state index in [1.54, 1.807) is 6.26 Å². The van der Waals surface area contributed by atoms with Crippen LogP contribution in [0, 0.1) is 0 Å². The second-order valence-corrected chi connectivity index (χ2v) is 3.85. The van der Waals surface area contributed by atoms with Gasteiger partial charge in [-0.3, -0.25) is 4.90 Å². The molecule has 0 saturated carbocycles. The topological polar surface area (TPSA) is 16.4 Å². The van der Waals surface area contributed by atoms with Crippen molar-refractivity contribution in [3.8, 4) is 0 Å². The molecule has 0 saturated heterocycles. The molecule has 0 N–H and O–H groups in total. The molecule has 76 valence electrons. The predicted octanol–water partition coefficient (Wildman–Crippen LogP) is 2.78. The fourth-order valence-corrected chi connectivity index (χ4v) is 1.92. The highest BCUT2D eigenvalue weighted by Gasteiger charge is 2.17. The monoisotopic (exact) mass is 191 g/mol. The molecule has 14 heavy (non-hydrogen) atoms. The minimum atomic E-state index is 1.04. The van der Waals surface area contributed by atoms with Crippen LogP contribution in [0.4, 0.5) is 0 Å². The van der Waals surface area contributed by atoms with Crippen LogP contribution in [0.3, 0.4) is 0 Å². The van der Waals surface area contributed by atoms with Gasteiger partial charge < -0.3 is 4.42 Å². The lowest BCUT2D eigenvalue weighted by molar-refractivity contribution is 0.314. The summed E-state index contributed by atoms with van der Waals surface area (Å²) >= 11 is 0. The van der Waals surface area contributed by atoms with Crippen LogP contribution >= 0.6 is 0 Å². The Kier molecular flexibility index (Phi) is 2.73. The summed E-state index contributed by atoms with van der Waals surface area (Å²) in [5, 5.41) is 0.